The first-order chi connectivity index (χ1) is 9.60. The molecule has 1 saturated carbocycles. The molecular formula is C14H25N3O3. The summed E-state index contributed by atoms with van der Waals surface area (Å²) in [6, 6.07) is -0.255. The third-order valence-corrected chi connectivity index (χ3v) is 4.29. The van der Waals surface area contributed by atoms with E-state index in [2.05, 4.69) is 10.7 Å². The van der Waals surface area contributed by atoms with Crippen LogP contribution < -0.4 is 10.7 Å². The van der Waals surface area contributed by atoms with Gasteiger partial charge >= 0.3 is 12.0 Å². The molecule has 114 valence electrons. The number of carboxylic acids is 1. The molecular weight excluding hydrogens is 258 g/mol. The first-order valence-electron chi connectivity index (χ1n) is 7.65. The summed E-state index contributed by atoms with van der Waals surface area (Å²) in [4.78, 5) is 23.2. The van der Waals surface area contributed by atoms with Crippen LogP contribution in [0, 0.1) is 0 Å². The topological polar surface area (TPSA) is 81.7 Å². The first kappa shape index (κ1) is 15.1. The van der Waals surface area contributed by atoms with Crippen molar-refractivity contribution in [2.45, 2.75) is 63.3 Å². The van der Waals surface area contributed by atoms with Gasteiger partial charge in [0.1, 0.15) is 0 Å². The van der Waals surface area contributed by atoms with Crippen molar-refractivity contribution in [1.82, 2.24) is 15.8 Å². The summed E-state index contributed by atoms with van der Waals surface area (Å²) in [7, 11) is 0. The van der Waals surface area contributed by atoms with E-state index in [0.717, 1.165) is 58.0 Å². The van der Waals surface area contributed by atoms with Gasteiger partial charge in [-0.1, -0.05) is 25.7 Å². The molecule has 1 aliphatic carbocycles. The summed E-state index contributed by atoms with van der Waals surface area (Å²) < 4.78 is 0. The largest absolute Gasteiger partial charge is 0.481 e. The Kier molecular flexibility index (Phi) is 5.23. The van der Waals surface area contributed by atoms with E-state index >= 15 is 0 Å². The minimum Gasteiger partial charge on any atom is -0.481 e. The quantitative estimate of drug-likeness (QED) is 0.735. The van der Waals surface area contributed by atoms with Crippen molar-refractivity contribution < 1.29 is 14.7 Å². The highest BCUT2D eigenvalue weighted by Gasteiger charge is 2.36. The second-order valence-corrected chi connectivity index (χ2v) is 6.03. The van der Waals surface area contributed by atoms with E-state index in [4.69, 9.17) is 5.11 Å². The summed E-state index contributed by atoms with van der Waals surface area (Å²) in [5.41, 5.74) is 2.29. The van der Waals surface area contributed by atoms with Crippen LogP contribution in [0.25, 0.3) is 0 Å². The van der Waals surface area contributed by atoms with Crippen LogP contribution in [0.3, 0.4) is 0 Å². The zero-order valence-electron chi connectivity index (χ0n) is 12.0. The zero-order chi connectivity index (χ0) is 14.4. The molecule has 6 heteroatoms. The summed E-state index contributed by atoms with van der Waals surface area (Å²) in [5.74, 6) is -0.842. The SMILES string of the molecule is O=C(O)CC1(NC(=O)NN2CCCCC2)CCCCC1. The van der Waals surface area contributed by atoms with Gasteiger partial charge in [-0.25, -0.2) is 9.80 Å². The number of nitrogens with zero attached hydrogens (tertiary/aromatic N) is 1. The Labute approximate surface area is 119 Å². The van der Waals surface area contributed by atoms with E-state index < -0.39 is 11.5 Å². The van der Waals surface area contributed by atoms with E-state index in [0.29, 0.717) is 0 Å². The van der Waals surface area contributed by atoms with E-state index in [1.165, 1.54) is 6.42 Å². The van der Waals surface area contributed by atoms with Crippen LogP contribution in [0.15, 0.2) is 0 Å². The first-order valence-corrected chi connectivity index (χ1v) is 7.65. The third-order valence-electron chi connectivity index (χ3n) is 4.29. The summed E-state index contributed by atoms with van der Waals surface area (Å²) in [5, 5.41) is 13.9. The molecule has 0 bridgehead atoms. The van der Waals surface area contributed by atoms with Gasteiger partial charge < -0.3 is 10.4 Å². The predicted molar refractivity (Wildman–Crippen MR) is 75.2 cm³/mol. The Morgan fingerprint density at radius 2 is 1.60 bits per heavy atom. The van der Waals surface area contributed by atoms with E-state index in [1.54, 1.807) is 0 Å². The molecule has 0 aromatic heterocycles. The fourth-order valence-electron chi connectivity index (χ4n) is 3.28. The van der Waals surface area contributed by atoms with Crippen molar-refractivity contribution in [2.75, 3.05) is 13.1 Å². The number of aliphatic carboxylic acids is 1. The van der Waals surface area contributed by atoms with Crippen LogP contribution in [-0.2, 0) is 4.79 Å². The second kappa shape index (κ2) is 6.92. The number of hydrazine groups is 1. The van der Waals surface area contributed by atoms with Crippen molar-refractivity contribution in [2.24, 2.45) is 0 Å². The Hall–Kier alpha value is -1.30. The minimum absolute atomic E-state index is 0.0143. The fraction of sp³-hybridized carbons (Fsp3) is 0.857. The minimum atomic E-state index is -0.842. The predicted octanol–water partition coefficient (Wildman–Crippen LogP) is 1.86. The van der Waals surface area contributed by atoms with Crippen LogP contribution in [0.2, 0.25) is 0 Å². The van der Waals surface area contributed by atoms with Gasteiger partial charge in [-0.3, -0.25) is 10.2 Å². The average molecular weight is 283 g/mol. The standard InChI is InChI=1S/C14H25N3O3/c18-12(19)11-14(7-3-1-4-8-14)15-13(20)16-17-9-5-2-6-10-17/h1-11H2,(H,18,19)(H2,15,16,20). The third kappa shape index (κ3) is 4.37. The van der Waals surface area contributed by atoms with Crippen molar-refractivity contribution in [3.63, 3.8) is 0 Å². The molecule has 0 spiro atoms. The van der Waals surface area contributed by atoms with Gasteiger partial charge in [0.25, 0.3) is 0 Å². The number of hydrogen-bond acceptors (Lipinski definition) is 3. The second-order valence-electron chi connectivity index (χ2n) is 6.03. The molecule has 20 heavy (non-hydrogen) atoms. The number of hydrogen-bond donors (Lipinski definition) is 3. The highest BCUT2D eigenvalue weighted by Crippen LogP contribution is 2.31. The molecule has 0 atom stereocenters. The number of carbonyl (C=O) groups excluding carboxylic acids is 1. The van der Waals surface area contributed by atoms with Crippen LogP contribution in [0.4, 0.5) is 4.79 Å². The highest BCUT2D eigenvalue weighted by atomic mass is 16.4. The van der Waals surface area contributed by atoms with Crippen LogP contribution in [-0.4, -0.2) is 40.7 Å². The van der Waals surface area contributed by atoms with Gasteiger partial charge in [-0.15, -0.1) is 0 Å². The molecule has 6 nitrogen and oxygen atoms in total. The number of carboxylic acid groups (broad SMARTS) is 1. The van der Waals surface area contributed by atoms with Gasteiger partial charge in [0.2, 0.25) is 0 Å². The lowest BCUT2D eigenvalue weighted by molar-refractivity contribution is -0.139. The lowest BCUT2D eigenvalue weighted by Crippen LogP contribution is -2.57. The lowest BCUT2D eigenvalue weighted by atomic mass is 9.79. The van der Waals surface area contributed by atoms with Crippen molar-refractivity contribution in [3.8, 4) is 0 Å². The van der Waals surface area contributed by atoms with Crippen LogP contribution in [0.1, 0.15) is 57.8 Å². The van der Waals surface area contributed by atoms with Gasteiger partial charge in [0.15, 0.2) is 0 Å². The molecule has 1 saturated heterocycles. The van der Waals surface area contributed by atoms with Gasteiger partial charge in [-0.05, 0) is 25.7 Å². The normalized spacial score (nSPS) is 23.0. The molecule has 0 radical (unpaired) electrons. The van der Waals surface area contributed by atoms with Crippen molar-refractivity contribution in [3.05, 3.63) is 0 Å². The summed E-state index contributed by atoms with van der Waals surface area (Å²) >= 11 is 0. The molecule has 0 aromatic carbocycles. The molecule has 2 aliphatic rings. The number of nitrogens with one attached hydrogen (secondary N) is 2. The van der Waals surface area contributed by atoms with Crippen molar-refractivity contribution in [1.29, 1.82) is 0 Å². The van der Waals surface area contributed by atoms with Crippen LogP contribution >= 0.6 is 0 Å². The molecule has 1 heterocycles. The zero-order valence-corrected chi connectivity index (χ0v) is 12.0. The number of rotatable bonds is 4. The van der Waals surface area contributed by atoms with E-state index in [9.17, 15) is 9.59 Å². The fourth-order valence-corrected chi connectivity index (χ4v) is 3.28. The molecule has 2 fully saturated rings. The monoisotopic (exact) mass is 283 g/mol. The van der Waals surface area contributed by atoms with E-state index in [1.807, 2.05) is 5.01 Å². The molecule has 3 N–H and O–H groups in total. The van der Waals surface area contributed by atoms with Gasteiger partial charge in [0.05, 0.1) is 12.0 Å². The van der Waals surface area contributed by atoms with Crippen molar-refractivity contribution >= 4 is 12.0 Å². The Morgan fingerprint density at radius 1 is 1.00 bits per heavy atom. The summed E-state index contributed by atoms with van der Waals surface area (Å²) in [6.07, 6.45) is 8.02. The number of carbonyl (C=O) groups is 2. The van der Waals surface area contributed by atoms with E-state index in [-0.39, 0.29) is 12.5 Å². The molecule has 2 rings (SSSR count). The number of amides is 2. The summed E-state index contributed by atoms with van der Waals surface area (Å²) in [6.45, 7) is 1.75. The smallest absolute Gasteiger partial charge is 0.329 e. The maximum atomic E-state index is 12.1. The maximum absolute atomic E-state index is 12.1. The van der Waals surface area contributed by atoms with Gasteiger partial charge in [0, 0.05) is 13.1 Å². The number of piperidine rings is 1. The lowest BCUT2D eigenvalue weighted by Gasteiger charge is -2.38. The molecule has 2 amide bonds. The molecule has 1 aliphatic heterocycles. The molecule has 0 unspecified atom stereocenters. The maximum Gasteiger partial charge on any atom is 0.329 e. The Bertz CT molecular complexity index is 348. The molecule has 0 aromatic rings. The average Bonchev–Trinajstić information content (AvgIpc) is 2.39. The number of urea groups is 1. The Morgan fingerprint density at radius 3 is 2.20 bits per heavy atom. The van der Waals surface area contributed by atoms with Crippen LogP contribution in [0.5, 0.6) is 0 Å². The Balaban J connectivity index is 1.89. The highest BCUT2D eigenvalue weighted by molar-refractivity contribution is 5.76. The van der Waals surface area contributed by atoms with Gasteiger partial charge in [-0.2, -0.15) is 0 Å².